The van der Waals surface area contributed by atoms with E-state index in [-0.39, 0.29) is 11.8 Å². The molecular weight excluding hydrogens is 276 g/mol. The van der Waals surface area contributed by atoms with E-state index in [1.807, 2.05) is 19.1 Å². The van der Waals surface area contributed by atoms with E-state index in [0.29, 0.717) is 30.2 Å². The smallest absolute Gasteiger partial charge is 0.223 e. The summed E-state index contributed by atoms with van der Waals surface area (Å²) in [5.74, 6) is -0.0737. The van der Waals surface area contributed by atoms with Crippen molar-refractivity contribution in [2.45, 2.75) is 33.1 Å². The molecule has 20 heavy (non-hydrogen) atoms. The number of hydrogen-bond donors (Lipinski definition) is 1. The summed E-state index contributed by atoms with van der Waals surface area (Å²) < 4.78 is 0. The van der Waals surface area contributed by atoms with Gasteiger partial charge in [0.15, 0.2) is 0 Å². The summed E-state index contributed by atoms with van der Waals surface area (Å²) in [6.07, 6.45) is 2.40. The van der Waals surface area contributed by atoms with Gasteiger partial charge in [0, 0.05) is 26.4 Å². The molecule has 0 unspecified atom stereocenters. The third-order valence-electron chi connectivity index (χ3n) is 2.94. The van der Waals surface area contributed by atoms with Gasteiger partial charge in [0.25, 0.3) is 0 Å². The summed E-state index contributed by atoms with van der Waals surface area (Å²) in [6.45, 7) is 4.37. The lowest BCUT2D eigenvalue weighted by molar-refractivity contribution is -0.121. The maximum atomic E-state index is 11.7. The average molecular weight is 297 g/mol. The second-order valence-electron chi connectivity index (χ2n) is 4.58. The molecule has 0 heterocycles. The van der Waals surface area contributed by atoms with Gasteiger partial charge >= 0.3 is 0 Å². The summed E-state index contributed by atoms with van der Waals surface area (Å²) in [6, 6.07) is 7.18. The second kappa shape index (κ2) is 8.59. The van der Waals surface area contributed by atoms with Gasteiger partial charge in [-0.15, -0.1) is 0 Å². The molecule has 0 aliphatic carbocycles. The van der Waals surface area contributed by atoms with E-state index in [0.717, 1.165) is 12.8 Å². The zero-order valence-electron chi connectivity index (χ0n) is 12.0. The molecule has 0 saturated heterocycles. The molecule has 0 atom stereocenters. The van der Waals surface area contributed by atoms with Crippen LogP contribution < -0.4 is 10.2 Å². The van der Waals surface area contributed by atoms with Gasteiger partial charge in [0.1, 0.15) is 0 Å². The number of anilines is 1. The summed E-state index contributed by atoms with van der Waals surface area (Å²) in [5.41, 5.74) is 0.671. The first kappa shape index (κ1) is 16.5. The van der Waals surface area contributed by atoms with Crippen LogP contribution in [0.15, 0.2) is 24.3 Å². The van der Waals surface area contributed by atoms with Crippen molar-refractivity contribution in [3.8, 4) is 0 Å². The quantitative estimate of drug-likeness (QED) is 0.841. The van der Waals surface area contributed by atoms with Crippen molar-refractivity contribution in [1.29, 1.82) is 0 Å². The minimum Gasteiger partial charge on any atom is -0.354 e. The number of benzene rings is 1. The number of carbonyl (C=O) groups is 2. The molecule has 0 aliphatic heterocycles. The van der Waals surface area contributed by atoms with Crippen LogP contribution in [0.5, 0.6) is 0 Å². The number of carbonyl (C=O) groups excluding carboxylic acids is 2. The fraction of sp³-hybridized carbons (Fsp3) is 0.467. The van der Waals surface area contributed by atoms with E-state index >= 15 is 0 Å². The Morgan fingerprint density at radius 1 is 1.30 bits per heavy atom. The first-order valence-corrected chi connectivity index (χ1v) is 7.23. The molecule has 4 nitrogen and oxygen atoms in total. The van der Waals surface area contributed by atoms with Gasteiger partial charge in [-0.25, -0.2) is 0 Å². The Kier molecular flexibility index (Phi) is 7.09. The molecule has 1 N–H and O–H groups in total. The zero-order chi connectivity index (χ0) is 15.0. The number of nitrogens with one attached hydrogen (secondary N) is 1. The largest absolute Gasteiger partial charge is 0.354 e. The molecule has 0 aromatic heterocycles. The van der Waals surface area contributed by atoms with E-state index in [4.69, 9.17) is 11.6 Å². The second-order valence-corrected chi connectivity index (χ2v) is 4.98. The molecule has 110 valence electrons. The molecule has 5 heteroatoms. The van der Waals surface area contributed by atoms with Gasteiger partial charge < -0.3 is 10.2 Å². The van der Waals surface area contributed by atoms with Crippen LogP contribution in [0, 0.1) is 0 Å². The number of para-hydroxylation sites is 1. The Bertz CT molecular complexity index is 463. The van der Waals surface area contributed by atoms with Gasteiger partial charge in [-0.05, 0) is 18.6 Å². The van der Waals surface area contributed by atoms with Crippen molar-refractivity contribution in [2.24, 2.45) is 0 Å². The number of hydrogen-bond acceptors (Lipinski definition) is 2. The summed E-state index contributed by atoms with van der Waals surface area (Å²) in [7, 11) is 0. The van der Waals surface area contributed by atoms with Gasteiger partial charge in [0.2, 0.25) is 11.8 Å². The van der Waals surface area contributed by atoms with Crippen molar-refractivity contribution in [2.75, 3.05) is 18.0 Å². The van der Waals surface area contributed by atoms with Crippen LogP contribution in [-0.2, 0) is 9.59 Å². The Morgan fingerprint density at radius 3 is 2.60 bits per heavy atom. The number of amides is 2. The maximum absolute atomic E-state index is 11.7. The highest BCUT2D eigenvalue weighted by molar-refractivity contribution is 6.33. The minimum absolute atomic E-state index is 0.0227. The first-order valence-electron chi connectivity index (χ1n) is 6.85. The monoisotopic (exact) mass is 296 g/mol. The fourth-order valence-corrected chi connectivity index (χ4v) is 2.09. The van der Waals surface area contributed by atoms with Crippen molar-refractivity contribution < 1.29 is 9.59 Å². The summed E-state index contributed by atoms with van der Waals surface area (Å²) in [4.78, 5) is 24.8. The third kappa shape index (κ3) is 5.21. The highest BCUT2D eigenvalue weighted by atomic mass is 35.5. The van der Waals surface area contributed by atoms with Crippen molar-refractivity contribution in [3.05, 3.63) is 29.3 Å². The molecule has 0 aliphatic rings. The minimum atomic E-state index is -0.0964. The molecule has 0 saturated carbocycles. The average Bonchev–Trinajstić information content (AvgIpc) is 2.42. The summed E-state index contributed by atoms with van der Waals surface area (Å²) >= 11 is 6.09. The molecule has 0 bridgehead atoms. The molecule has 1 aromatic carbocycles. The van der Waals surface area contributed by atoms with E-state index in [1.54, 1.807) is 17.0 Å². The number of nitrogens with zero attached hydrogens (tertiary/aromatic N) is 1. The van der Waals surface area contributed by atoms with Crippen LogP contribution in [-0.4, -0.2) is 24.9 Å². The lowest BCUT2D eigenvalue weighted by atomic mass is 10.2. The van der Waals surface area contributed by atoms with Crippen LogP contribution in [0.25, 0.3) is 0 Å². The maximum Gasteiger partial charge on any atom is 0.223 e. The van der Waals surface area contributed by atoms with E-state index in [9.17, 15) is 9.59 Å². The normalized spacial score (nSPS) is 10.2. The molecule has 0 spiro atoms. The molecule has 0 radical (unpaired) electrons. The fourth-order valence-electron chi connectivity index (χ4n) is 1.85. The van der Waals surface area contributed by atoms with Crippen molar-refractivity contribution >= 4 is 29.1 Å². The highest BCUT2D eigenvalue weighted by Gasteiger charge is 2.14. The van der Waals surface area contributed by atoms with Gasteiger partial charge in [-0.1, -0.05) is 37.1 Å². The van der Waals surface area contributed by atoms with Gasteiger partial charge in [-0.2, -0.15) is 0 Å². The van der Waals surface area contributed by atoms with Gasteiger partial charge in [-0.3, -0.25) is 9.59 Å². The van der Waals surface area contributed by atoms with Crippen LogP contribution >= 0.6 is 11.6 Å². The van der Waals surface area contributed by atoms with E-state index < -0.39 is 0 Å². The highest BCUT2D eigenvalue weighted by Crippen LogP contribution is 2.24. The number of rotatable bonds is 7. The third-order valence-corrected chi connectivity index (χ3v) is 3.26. The lowest BCUT2D eigenvalue weighted by Gasteiger charge is -2.22. The first-order chi connectivity index (χ1) is 9.56. The predicted octanol–water partition coefficient (Wildman–Crippen LogP) is 3.00. The molecular formula is C15H21ClN2O2. The Balaban J connectivity index is 2.55. The van der Waals surface area contributed by atoms with Crippen molar-refractivity contribution in [1.82, 2.24) is 5.32 Å². The van der Waals surface area contributed by atoms with Crippen LogP contribution in [0.2, 0.25) is 5.02 Å². The number of unbranched alkanes of at least 4 members (excludes halogenated alkanes) is 1. The zero-order valence-corrected chi connectivity index (χ0v) is 12.7. The standard InChI is InChI=1S/C15H21ClN2O2/c1-3-4-9-15(20)17-10-11-18(12(2)19)14-8-6-5-7-13(14)16/h5-8H,3-4,9-11H2,1-2H3,(H,17,20). The van der Waals surface area contributed by atoms with Crippen LogP contribution in [0.4, 0.5) is 5.69 Å². The van der Waals surface area contributed by atoms with Crippen LogP contribution in [0.1, 0.15) is 33.1 Å². The van der Waals surface area contributed by atoms with Crippen molar-refractivity contribution in [3.63, 3.8) is 0 Å². The molecule has 1 aromatic rings. The molecule has 2 amide bonds. The van der Waals surface area contributed by atoms with E-state index in [1.165, 1.54) is 6.92 Å². The lowest BCUT2D eigenvalue weighted by Crippen LogP contribution is -2.37. The topological polar surface area (TPSA) is 49.4 Å². The van der Waals surface area contributed by atoms with E-state index in [2.05, 4.69) is 5.32 Å². The Hall–Kier alpha value is -1.55. The predicted molar refractivity (Wildman–Crippen MR) is 82.0 cm³/mol. The number of halogens is 1. The summed E-state index contributed by atoms with van der Waals surface area (Å²) in [5, 5.41) is 3.34. The Morgan fingerprint density at radius 2 is 2.00 bits per heavy atom. The molecule has 1 rings (SSSR count). The van der Waals surface area contributed by atoms with Gasteiger partial charge in [0.05, 0.1) is 10.7 Å². The molecule has 0 fully saturated rings. The Labute approximate surface area is 125 Å². The van der Waals surface area contributed by atoms with Crippen LogP contribution in [0.3, 0.4) is 0 Å². The SMILES string of the molecule is CCCCC(=O)NCCN(C(C)=O)c1ccccc1Cl.